The van der Waals surface area contributed by atoms with Crippen molar-refractivity contribution < 1.29 is 14.2 Å². The summed E-state index contributed by atoms with van der Waals surface area (Å²) in [6.45, 7) is 7.54. The van der Waals surface area contributed by atoms with Crippen molar-refractivity contribution in [3.05, 3.63) is 0 Å². The van der Waals surface area contributed by atoms with Gasteiger partial charge in [-0.25, -0.2) is 0 Å². The minimum atomic E-state index is 0. The van der Waals surface area contributed by atoms with E-state index < -0.39 is 0 Å². The summed E-state index contributed by atoms with van der Waals surface area (Å²) >= 11 is 0. The van der Waals surface area contributed by atoms with Crippen LogP contribution in [0, 0.1) is 5.92 Å². The number of nitrogens with zero attached hydrogens (tertiary/aromatic N) is 2. The number of hydrogen-bond donors (Lipinski definition) is 1. The molecule has 2 unspecified atom stereocenters. The molecule has 3 fully saturated rings. The Morgan fingerprint density at radius 3 is 2.47 bits per heavy atom. The normalized spacial score (nSPS) is 25.2. The Kier molecular flexibility index (Phi) is 12.9. The summed E-state index contributed by atoms with van der Waals surface area (Å²) in [4.78, 5) is 6.90. The molecule has 1 N–H and O–H groups in total. The molecule has 2 aliphatic heterocycles. The fraction of sp³-hybridized carbons (Fsp3) is 0.957. The Labute approximate surface area is 200 Å². The predicted octanol–water partition coefficient (Wildman–Crippen LogP) is 4.22. The van der Waals surface area contributed by atoms with Gasteiger partial charge in [0.2, 0.25) is 0 Å². The van der Waals surface area contributed by atoms with E-state index in [9.17, 15) is 0 Å². The van der Waals surface area contributed by atoms with Gasteiger partial charge in [0.15, 0.2) is 5.96 Å². The summed E-state index contributed by atoms with van der Waals surface area (Å²) in [5, 5.41) is 3.59. The number of piperidine rings is 1. The SMILES string of the molecule is CCOC(CCNC(=NC)N1CCC(OCC2CCCCO2)CC1)C1CCCC1.I. The van der Waals surface area contributed by atoms with E-state index >= 15 is 0 Å². The van der Waals surface area contributed by atoms with E-state index in [0.717, 1.165) is 77.0 Å². The summed E-state index contributed by atoms with van der Waals surface area (Å²) in [5.74, 6) is 1.78. The molecule has 176 valence electrons. The van der Waals surface area contributed by atoms with E-state index in [2.05, 4.69) is 22.1 Å². The van der Waals surface area contributed by atoms with E-state index in [0.29, 0.717) is 18.3 Å². The lowest BCUT2D eigenvalue weighted by molar-refractivity contribution is -0.0721. The van der Waals surface area contributed by atoms with Gasteiger partial charge in [0, 0.05) is 39.9 Å². The molecule has 6 nitrogen and oxygen atoms in total. The summed E-state index contributed by atoms with van der Waals surface area (Å²) in [6, 6.07) is 0. The Morgan fingerprint density at radius 1 is 1.10 bits per heavy atom. The van der Waals surface area contributed by atoms with E-state index in [1.54, 1.807) is 0 Å². The van der Waals surface area contributed by atoms with Gasteiger partial charge in [-0.3, -0.25) is 4.99 Å². The van der Waals surface area contributed by atoms with Crippen LogP contribution in [0.5, 0.6) is 0 Å². The molecule has 0 amide bonds. The largest absolute Gasteiger partial charge is 0.378 e. The maximum atomic E-state index is 6.15. The molecule has 0 aromatic rings. The van der Waals surface area contributed by atoms with Crippen molar-refractivity contribution in [3.63, 3.8) is 0 Å². The van der Waals surface area contributed by atoms with Crippen LogP contribution in [0.4, 0.5) is 0 Å². The van der Waals surface area contributed by atoms with Gasteiger partial charge in [-0.1, -0.05) is 12.8 Å². The van der Waals surface area contributed by atoms with Crippen LogP contribution in [0.3, 0.4) is 0 Å². The number of nitrogens with one attached hydrogen (secondary N) is 1. The van der Waals surface area contributed by atoms with E-state index in [1.807, 2.05) is 7.05 Å². The lowest BCUT2D eigenvalue weighted by Gasteiger charge is -2.35. The van der Waals surface area contributed by atoms with Gasteiger partial charge in [-0.2, -0.15) is 0 Å². The van der Waals surface area contributed by atoms with Crippen molar-refractivity contribution >= 4 is 29.9 Å². The maximum Gasteiger partial charge on any atom is 0.193 e. The average Bonchev–Trinajstić information content (AvgIpc) is 3.31. The van der Waals surface area contributed by atoms with Crippen molar-refractivity contribution in [1.82, 2.24) is 10.2 Å². The van der Waals surface area contributed by atoms with Crippen LogP contribution in [0.25, 0.3) is 0 Å². The molecule has 0 aromatic carbocycles. The van der Waals surface area contributed by atoms with Gasteiger partial charge in [-0.15, -0.1) is 24.0 Å². The highest BCUT2D eigenvalue weighted by molar-refractivity contribution is 14.0. The monoisotopic (exact) mass is 537 g/mol. The molecular formula is C23H44IN3O3. The second kappa shape index (κ2) is 14.9. The average molecular weight is 538 g/mol. The molecule has 2 heterocycles. The summed E-state index contributed by atoms with van der Waals surface area (Å²) < 4.78 is 18.0. The smallest absolute Gasteiger partial charge is 0.193 e. The van der Waals surface area contributed by atoms with Crippen LogP contribution in [0.15, 0.2) is 4.99 Å². The third-order valence-corrected chi connectivity index (χ3v) is 6.76. The molecule has 3 aliphatic rings. The number of rotatable bonds is 9. The van der Waals surface area contributed by atoms with Crippen molar-refractivity contribution in [2.75, 3.05) is 46.5 Å². The Hall–Kier alpha value is -0.120. The van der Waals surface area contributed by atoms with Crippen LogP contribution in [0.2, 0.25) is 0 Å². The van der Waals surface area contributed by atoms with Crippen molar-refractivity contribution in [1.29, 1.82) is 0 Å². The van der Waals surface area contributed by atoms with Crippen LogP contribution in [0.1, 0.15) is 71.1 Å². The third-order valence-electron chi connectivity index (χ3n) is 6.76. The lowest BCUT2D eigenvalue weighted by Crippen LogP contribution is -2.48. The highest BCUT2D eigenvalue weighted by atomic mass is 127. The Balaban J connectivity index is 0.00000320. The molecular weight excluding hydrogens is 493 g/mol. The first-order valence-corrected chi connectivity index (χ1v) is 12.1. The van der Waals surface area contributed by atoms with Crippen molar-refractivity contribution in [3.8, 4) is 0 Å². The fourth-order valence-electron chi connectivity index (χ4n) is 5.07. The molecule has 1 aliphatic carbocycles. The molecule has 3 rings (SSSR count). The molecule has 0 bridgehead atoms. The quantitative estimate of drug-likeness (QED) is 0.271. The van der Waals surface area contributed by atoms with Gasteiger partial charge in [-0.05, 0) is 64.2 Å². The summed E-state index contributed by atoms with van der Waals surface area (Å²) in [6.07, 6.45) is 13.3. The number of halogens is 1. The summed E-state index contributed by atoms with van der Waals surface area (Å²) in [5.41, 5.74) is 0. The first-order chi connectivity index (χ1) is 14.3. The zero-order valence-electron chi connectivity index (χ0n) is 19.2. The maximum absolute atomic E-state index is 6.15. The highest BCUT2D eigenvalue weighted by Gasteiger charge is 2.26. The van der Waals surface area contributed by atoms with Gasteiger partial charge >= 0.3 is 0 Å². The standard InChI is InChI=1S/C23H43N3O3.HI/c1-3-27-22(19-8-4-5-9-19)11-14-25-23(24-2)26-15-12-20(13-16-26)29-18-21-10-6-7-17-28-21;/h19-22H,3-18H2,1-2H3,(H,24,25);1H. The van der Waals surface area contributed by atoms with E-state index in [4.69, 9.17) is 14.2 Å². The first-order valence-electron chi connectivity index (χ1n) is 12.1. The fourth-order valence-corrected chi connectivity index (χ4v) is 5.07. The molecule has 7 heteroatoms. The van der Waals surface area contributed by atoms with Crippen LogP contribution in [-0.2, 0) is 14.2 Å². The minimum Gasteiger partial charge on any atom is -0.378 e. The lowest BCUT2D eigenvalue weighted by atomic mass is 9.98. The van der Waals surface area contributed by atoms with Gasteiger partial charge in [0.25, 0.3) is 0 Å². The predicted molar refractivity (Wildman–Crippen MR) is 133 cm³/mol. The van der Waals surface area contributed by atoms with Crippen molar-refractivity contribution in [2.24, 2.45) is 10.9 Å². The number of likely N-dealkylation sites (tertiary alicyclic amines) is 1. The molecule has 0 aromatic heterocycles. The second-order valence-corrected chi connectivity index (χ2v) is 8.81. The molecule has 2 saturated heterocycles. The molecule has 30 heavy (non-hydrogen) atoms. The summed E-state index contributed by atoms with van der Waals surface area (Å²) in [7, 11) is 1.89. The van der Waals surface area contributed by atoms with Crippen molar-refractivity contribution in [2.45, 2.75) is 89.4 Å². The number of hydrogen-bond acceptors (Lipinski definition) is 4. The number of aliphatic imine (C=N–C) groups is 1. The van der Waals surface area contributed by atoms with Gasteiger partial charge in [0.05, 0.1) is 24.9 Å². The number of guanidine groups is 1. The highest BCUT2D eigenvalue weighted by Crippen LogP contribution is 2.30. The van der Waals surface area contributed by atoms with Gasteiger partial charge in [0.1, 0.15) is 0 Å². The minimum absolute atomic E-state index is 0. The van der Waals surface area contributed by atoms with Gasteiger partial charge < -0.3 is 24.4 Å². The number of ether oxygens (including phenoxy) is 3. The molecule has 0 spiro atoms. The topological polar surface area (TPSA) is 55.3 Å². The third kappa shape index (κ3) is 8.43. The zero-order valence-corrected chi connectivity index (χ0v) is 21.5. The van der Waals surface area contributed by atoms with Crippen LogP contribution < -0.4 is 5.32 Å². The van der Waals surface area contributed by atoms with E-state index in [1.165, 1.54) is 38.5 Å². The first kappa shape index (κ1) is 26.1. The molecule has 1 saturated carbocycles. The molecule has 0 radical (unpaired) electrons. The van der Waals surface area contributed by atoms with Crippen LogP contribution in [-0.4, -0.2) is 75.7 Å². The second-order valence-electron chi connectivity index (χ2n) is 8.81. The van der Waals surface area contributed by atoms with Crippen LogP contribution >= 0.6 is 24.0 Å². The zero-order chi connectivity index (χ0) is 20.3. The van der Waals surface area contributed by atoms with E-state index in [-0.39, 0.29) is 24.0 Å². The Bertz CT molecular complexity index is 474. The Morgan fingerprint density at radius 2 is 1.83 bits per heavy atom. The molecule has 2 atom stereocenters.